The van der Waals surface area contributed by atoms with Gasteiger partial charge in [0.1, 0.15) is 12.0 Å². The van der Waals surface area contributed by atoms with Gasteiger partial charge in [0, 0.05) is 38.4 Å². The van der Waals surface area contributed by atoms with E-state index in [0.29, 0.717) is 29.5 Å². The highest BCUT2D eigenvalue weighted by molar-refractivity contribution is 5.90. The number of rotatable bonds is 7. The molecular formula is C25H28N6O4. The smallest absolute Gasteiger partial charge is 0.338 e. The molecule has 1 aromatic heterocycles. The average Bonchev–Trinajstić information content (AvgIpc) is 3.35. The first kappa shape index (κ1) is 22.7. The SMILES string of the molecule is CCOC(=O)c1ccc(Nc2ncnc(N3CCN(Cc4ccc5c(c4)OCO5)CC3)c2N)cc1. The maximum atomic E-state index is 11.9. The fourth-order valence-electron chi connectivity index (χ4n) is 4.19. The van der Waals surface area contributed by atoms with E-state index in [2.05, 4.69) is 31.2 Å². The highest BCUT2D eigenvalue weighted by Crippen LogP contribution is 2.33. The normalized spacial score (nSPS) is 15.2. The summed E-state index contributed by atoms with van der Waals surface area (Å²) in [6, 6.07) is 13.1. The van der Waals surface area contributed by atoms with E-state index in [1.165, 1.54) is 11.9 Å². The van der Waals surface area contributed by atoms with Crippen molar-refractivity contribution in [2.75, 3.05) is 55.5 Å². The lowest BCUT2D eigenvalue weighted by Gasteiger charge is -2.36. The molecule has 2 aliphatic rings. The molecule has 2 aromatic carbocycles. The van der Waals surface area contributed by atoms with Crippen LogP contribution < -0.4 is 25.4 Å². The molecule has 182 valence electrons. The third-order valence-corrected chi connectivity index (χ3v) is 6.04. The molecular weight excluding hydrogens is 448 g/mol. The Balaban J connectivity index is 1.20. The number of ether oxygens (including phenoxy) is 3. The van der Waals surface area contributed by atoms with E-state index in [9.17, 15) is 4.79 Å². The van der Waals surface area contributed by atoms with Crippen LogP contribution in [-0.2, 0) is 11.3 Å². The maximum absolute atomic E-state index is 11.9. The largest absolute Gasteiger partial charge is 0.462 e. The number of carbonyl (C=O) groups excluding carboxylic acids is 1. The molecule has 0 aliphatic carbocycles. The predicted molar refractivity (Wildman–Crippen MR) is 132 cm³/mol. The number of nitrogen functional groups attached to an aromatic ring is 1. The Morgan fingerprint density at radius 2 is 1.83 bits per heavy atom. The van der Waals surface area contributed by atoms with Gasteiger partial charge in [0.15, 0.2) is 23.1 Å². The van der Waals surface area contributed by atoms with Gasteiger partial charge in [-0.15, -0.1) is 0 Å². The first-order chi connectivity index (χ1) is 17.1. The molecule has 0 saturated carbocycles. The van der Waals surface area contributed by atoms with Gasteiger partial charge in [-0.3, -0.25) is 4.90 Å². The Labute approximate surface area is 203 Å². The van der Waals surface area contributed by atoms with Crippen LogP contribution in [-0.4, -0.2) is 60.4 Å². The summed E-state index contributed by atoms with van der Waals surface area (Å²) in [4.78, 5) is 25.2. The first-order valence-electron chi connectivity index (χ1n) is 11.6. The van der Waals surface area contributed by atoms with Gasteiger partial charge in [-0.1, -0.05) is 6.07 Å². The summed E-state index contributed by atoms with van der Waals surface area (Å²) in [5.41, 5.74) is 9.40. The lowest BCUT2D eigenvalue weighted by atomic mass is 10.1. The number of hydrogen-bond acceptors (Lipinski definition) is 10. The molecule has 0 amide bonds. The third-order valence-electron chi connectivity index (χ3n) is 6.04. The Bertz CT molecular complexity index is 1200. The van der Waals surface area contributed by atoms with Crippen LogP contribution in [0.1, 0.15) is 22.8 Å². The van der Waals surface area contributed by atoms with Crippen LogP contribution in [0, 0.1) is 0 Å². The van der Waals surface area contributed by atoms with E-state index in [4.69, 9.17) is 19.9 Å². The number of fused-ring (bicyclic) bond motifs is 1. The van der Waals surface area contributed by atoms with Crippen molar-refractivity contribution in [2.24, 2.45) is 0 Å². The molecule has 5 rings (SSSR count). The van der Waals surface area contributed by atoms with Crippen LogP contribution in [0.15, 0.2) is 48.8 Å². The van der Waals surface area contributed by atoms with Gasteiger partial charge in [0.2, 0.25) is 6.79 Å². The van der Waals surface area contributed by atoms with E-state index in [1.807, 2.05) is 12.1 Å². The van der Waals surface area contributed by atoms with Crippen LogP contribution >= 0.6 is 0 Å². The van der Waals surface area contributed by atoms with Crippen molar-refractivity contribution in [3.63, 3.8) is 0 Å². The van der Waals surface area contributed by atoms with Crippen LogP contribution in [0.4, 0.5) is 23.0 Å². The standard InChI is InChI=1S/C25H28N6O4/c1-2-33-25(32)18-4-6-19(7-5-18)29-23-22(26)24(28-15-27-23)31-11-9-30(10-12-31)14-17-3-8-20-21(13-17)35-16-34-20/h3-8,13,15H,2,9-12,14,16,26H2,1H3,(H,27,28,29). The van der Waals surface area contributed by atoms with Gasteiger partial charge >= 0.3 is 5.97 Å². The van der Waals surface area contributed by atoms with Crippen molar-refractivity contribution >= 4 is 29.0 Å². The molecule has 0 bridgehead atoms. The van der Waals surface area contributed by atoms with Crippen molar-refractivity contribution in [3.05, 3.63) is 59.9 Å². The molecule has 3 aromatic rings. The summed E-state index contributed by atoms with van der Waals surface area (Å²) in [6.45, 7) is 6.63. The summed E-state index contributed by atoms with van der Waals surface area (Å²) in [6.07, 6.45) is 1.51. The number of hydrogen-bond donors (Lipinski definition) is 2. The summed E-state index contributed by atoms with van der Waals surface area (Å²) in [7, 11) is 0. The Hall–Kier alpha value is -4.05. The maximum Gasteiger partial charge on any atom is 0.338 e. The van der Waals surface area contributed by atoms with Crippen molar-refractivity contribution < 1.29 is 19.0 Å². The van der Waals surface area contributed by atoms with E-state index < -0.39 is 0 Å². The van der Waals surface area contributed by atoms with Crippen molar-refractivity contribution in [3.8, 4) is 11.5 Å². The number of nitrogens with zero attached hydrogens (tertiary/aromatic N) is 4. The zero-order chi connectivity index (χ0) is 24.2. The second-order valence-electron chi connectivity index (χ2n) is 8.33. The molecule has 0 atom stereocenters. The molecule has 2 aliphatic heterocycles. The molecule has 0 unspecified atom stereocenters. The highest BCUT2D eigenvalue weighted by Gasteiger charge is 2.22. The van der Waals surface area contributed by atoms with E-state index in [0.717, 1.165) is 49.9 Å². The number of anilines is 4. The number of aromatic nitrogens is 2. The third kappa shape index (κ3) is 5.07. The Morgan fingerprint density at radius 1 is 1.06 bits per heavy atom. The fourth-order valence-corrected chi connectivity index (χ4v) is 4.19. The number of nitrogens with one attached hydrogen (secondary N) is 1. The summed E-state index contributed by atoms with van der Waals surface area (Å²) in [5, 5.41) is 3.22. The minimum Gasteiger partial charge on any atom is -0.462 e. The number of nitrogens with two attached hydrogens (primary N) is 1. The van der Waals surface area contributed by atoms with Crippen molar-refractivity contribution in [1.29, 1.82) is 0 Å². The molecule has 10 nitrogen and oxygen atoms in total. The lowest BCUT2D eigenvalue weighted by molar-refractivity contribution is 0.0526. The Morgan fingerprint density at radius 3 is 2.60 bits per heavy atom. The second-order valence-corrected chi connectivity index (χ2v) is 8.33. The van der Waals surface area contributed by atoms with Crippen molar-refractivity contribution in [2.45, 2.75) is 13.5 Å². The van der Waals surface area contributed by atoms with Crippen molar-refractivity contribution in [1.82, 2.24) is 14.9 Å². The van der Waals surface area contributed by atoms with Crippen LogP contribution in [0.25, 0.3) is 0 Å². The topological polar surface area (TPSA) is 115 Å². The molecule has 1 saturated heterocycles. The number of piperazine rings is 1. The monoisotopic (exact) mass is 476 g/mol. The van der Waals surface area contributed by atoms with Crippen LogP contribution in [0.3, 0.4) is 0 Å². The number of benzene rings is 2. The van der Waals surface area contributed by atoms with Gasteiger partial charge in [0.25, 0.3) is 0 Å². The van der Waals surface area contributed by atoms with Gasteiger partial charge in [-0.2, -0.15) is 0 Å². The fraction of sp³-hybridized carbons (Fsp3) is 0.320. The predicted octanol–water partition coefficient (Wildman–Crippen LogP) is 3.03. The van der Waals surface area contributed by atoms with Crippen LogP contribution in [0.2, 0.25) is 0 Å². The first-order valence-corrected chi connectivity index (χ1v) is 11.6. The number of esters is 1. The van der Waals surface area contributed by atoms with Gasteiger partial charge in [-0.25, -0.2) is 14.8 Å². The number of carbonyl (C=O) groups is 1. The van der Waals surface area contributed by atoms with Crippen LogP contribution in [0.5, 0.6) is 11.5 Å². The zero-order valence-electron chi connectivity index (χ0n) is 19.6. The molecule has 35 heavy (non-hydrogen) atoms. The quantitative estimate of drug-likeness (QED) is 0.493. The van der Waals surface area contributed by atoms with Gasteiger partial charge in [-0.05, 0) is 48.9 Å². The average molecular weight is 477 g/mol. The van der Waals surface area contributed by atoms with E-state index >= 15 is 0 Å². The minimum absolute atomic E-state index is 0.285. The molecule has 1 fully saturated rings. The zero-order valence-corrected chi connectivity index (χ0v) is 19.6. The summed E-state index contributed by atoms with van der Waals surface area (Å²) < 4.78 is 15.9. The lowest BCUT2D eigenvalue weighted by Crippen LogP contribution is -2.46. The van der Waals surface area contributed by atoms with Gasteiger partial charge < -0.3 is 30.2 Å². The molecule has 0 spiro atoms. The summed E-state index contributed by atoms with van der Waals surface area (Å²) in [5.74, 6) is 2.51. The summed E-state index contributed by atoms with van der Waals surface area (Å²) >= 11 is 0. The molecule has 3 heterocycles. The Kier molecular flexibility index (Phi) is 6.53. The van der Waals surface area contributed by atoms with E-state index in [1.54, 1.807) is 31.2 Å². The highest BCUT2D eigenvalue weighted by atomic mass is 16.7. The molecule has 0 radical (unpaired) electrons. The minimum atomic E-state index is -0.347. The second kappa shape index (κ2) is 10.1. The van der Waals surface area contributed by atoms with E-state index in [-0.39, 0.29) is 12.8 Å². The molecule has 10 heteroatoms. The molecule has 3 N–H and O–H groups in total. The van der Waals surface area contributed by atoms with Gasteiger partial charge in [0.05, 0.1) is 12.2 Å².